The molecule has 0 radical (unpaired) electrons. The second-order valence-electron chi connectivity index (χ2n) is 4.96. The van der Waals surface area contributed by atoms with Crippen LogP contribution in [0.1, 0.15) is 18.4 Å². The van der Waals surface area contributed by atoms with Crippen molar-refractivity contribution in [2.24, 2.45) is 0 Å². The molecule has 1 aromatic rings. The number of hydrogen-bond donors (Lipinski definition) is 3. The van der Waals surface area contributed by atoms with Gasteiger partial charge in [-0.2, -0.15) is 0 Å². The Balaban J connectivity index is 1.83. The zero-order valence-electron chi connectivity index (χ0n) is 11.1. The number of aliphatic hydroxyl groups is 1. The molecule has 0 atom stereocenters. The number of anilines is 1. The summed E-state index contributed by atoms with van der Waals surface area (Å²) >= 11 is 0. The van der Waals surface area contributed by atoms with Crippen molar-refractivity contribution in [3.8, 4) is 5.75 Å². The maximum Gasteiger partial charge on any atom is 0.120 e. The molecule has 4 N–H and O–H groups in total. The highest BCUT2D eigenvalue weighted by atomic mass is 16.5. The van der Waals surface area contributed by atoms with Gasteiger partial charge in [0.05, 0.1) is 19.3 Å². The predicted molar refractivity (Wildman–Crippen MR) is 73.9 cm³/mol. The molecular weight excluding hydrogens is 244 g/mol. The molecule has 106 valence electrons. The Labute approximate surface area is 113 Å². The summed E-state index contributed by atoms with van der Waals surface area (Å²) in [6.45, 7) is 3.08. The lowest BCUT2D eigenvalue weighted by molar-refractivity contribution is -0.00909. The number of nitrogens with zero attached hydrogens (tertiary/aromatic N) is 1. The van der Waals surface area contributed by atoms with Gasteiger partial charge in [-0.25, -0.2) is 0 Å². The summed E-state index contributed by atoms with van der Waals surface area (Å²) in [6, 6.07) is 5.17. The summed E-state index contributed by atoms with van der Waals surface area (Å²) < 4.78 is 5.53. The highest BCUT2D eigenvalue weighted by Gasteiger charge is 2.20. The van der Waals surface area contributed by atoms with Gasteiger partial charge < -0.3 is 20.7 Å². The minimum absolute atomic E-state index is 0.0807. The van der Waals surface area contributed by atoms with Crippen LogP contribution >= 0.6 is 0 Å². The van der Waals surface area contributed by atoms with Gasteiger partial charge in [-0.05, 0) is 31.0 Å². The number of aliphatic hydroxyl groups excluding tert-OH is 1. The van der Waals surface area contributed by atoms with E-state index in [0.29, 0.717) is 24.6 Å². The maximum absolute atomic E-state index is 9.80. The molecule has 0 unspecified atom stereocenters. The van der Waals surface area contributed by atoms with Gasteiger partial charge in [-0.3, -0.25) is 4.90 Å². The van der Waals surface area contributed by atoms with Crippen LogP contribution in [0.15, 0.2) is 18.2 Å². The molecule has 1 aliphatic rings. The third-order valence-corrected chi connectivity index (χ3v) is 3.48. The summed E-state index contributed by atoms with van der Waals surface area (Å²) in [4.78, 5) is 2.29. The number of ether oxygens (including phenoxy) is 1. The second kappa shape index (κ2) is 6.75. The Kier molecular flexibility index (Phi) is 5.01. The van der Waals surface area contributed by atoms with Crippen molar-refractivity contribution in [1.82, 2.24) is 4.90 Å². The van der Waals surface area contributed by atoms with E-state index in [0.717, 1.165) is 31.5 Å². The topological polar surface area (TPSA) is 79.0 Å². The molecule has 19 heavy (non-hydrogen) atoms. The van der Waals surface area contributed by atoms with Crippen LogP contribution in [0.25, 0.3) is 0 Å². The standard InChI is InChI=1S/C14H22N2O3/c15-12-1-2-14(18)11(9-12)10-16-5-3-13(4-6-16)19-8-7-17/h1-2,9,13,17-18H,3-8,10,15H2. The molecule has 1 saturated heterocycles. The lowest BCUT2D eigenvalue weighted by Gasteiger charge is -2.32. The highest BCUT2D eigenvalue weighted by molar-refractivity contribution is 5.47. The molecule has 0 saturated carbocycles. The Bertz CT molecular complexity index is 404. The fourth-order valence-electron chi connectivity index (χ4n) is 2.43. The predicted octanol–water partition coefficient (Wildman–Crippen LogP) is 0.948. The van der Waals surface area contributed by atoms with Crippen LogP contribution in [-0.4, -0.2) is 47.5 Å². The Morgan fingerprint density at radius 3 is 2.74 bits per heavy atom. The van der Waals surface area contributed by atoms with Crippen LogP contribution in [0.5, 0.6) is 5.75 Å². The average molecular weight is 266 g/mol. The van der Waals surface area contributed by atoms with Gasteiger partial charge in [-0.15, -0.1) is 0 Å². The van der Waals surface area contributed by atoms with Crippen LogP contribution in [-0.2, 0) is 11.3 Å². The van der Waals surface area contributed by atoms with E-state index in [1.165, 1.54) is 0 Å². The number of piperidine rings is 1. The quantitative estimate of drug-likeness (QED) is 0.546. The molecule has 0 spiro atoms. The third-order valence-electron chi connectivity index (χ3n) is 3.48. The number of hydrogen-bond acceptors (Lipinski definition) is 5. The minimum Gasteiger partial charge on any atom is -0.508 e. The van der Waals surface area contributed by atoms with E-state index < -0.39 is 0 Å². The van der Waals surface area contributed by atoms with Crippen LogP contribution in [0.4, 0.5) is 5.69 Å². The summed E-state index contributed by atoms with van der Waals surface area (Å²) in [7, 11) is 0. The molecular formula is C14H22N2O3. The fourth-order valence-corrected chi connectivity index (χ4v) is 2.43. The minimum atomic E-state index is 0.0807. The van der Waals surface area contributed by atoms with Gasteiger partial charge >= 0.3 is 0 Å². The zero-order chi connectivity index (χ0) is 13.7. The lowest BCUT2D eigenvalue weighted by Crippen LogP contribution is -2.36. The summed E-state index contributed by atoms with van der Waals surface area (Å²) in [5.41, 5.74) is 7.28. The molecule has 0 aromatic heterocycles. The van der Waals surface area contributed by atoms with Crippen molar-refractivity contribution in [2.75, 3.05) is 32.0 Å². The van der Waals surface area contributed by atoms with Crippen molar-refractivity contribution in [3.05, 3.63) is 23.8 Å². The van der Waals surface area contributed by atoms with E-state index in [2.05, 4.69) is 4.90 Å². The number of nitrogen functional groups attached to an aromatic ring is 1. The summed E-state index contributed by atoms with van der Waals surface area (Å²) in [5, 5.41) is 18.5. The first kappa shape index (κ1) is 14.1. The number of phenolic OH excluding ortho intramolecular Hbond substituents is 1. The molecule has 0 bridgehead atoms. The molecule has 0 aliphatic carbocycles. The number of rotatable bonds is 5. The molecule has 5 nitrogen and oxygen atoms in total. The summed E-state index contributed by atoms with van der Waals surface area (Å²) in [5.74, 6) is 0.299. The van der Waals surface area contributed by atoms with Crippen LogP contribution in [0, 0.1) is 0 Å². The second-order valence-corrected chi connectivity index (χ2v) is 4.96. The largest absolute Gasteiger partial charge is 0.508 e. The molecule has 1 fully saturated rings. The lowest BCUT2D eigenvalue weighted by atomic mass is 10.1. The fraction of sp³-hybridized carbons (Fsp3) is 0.571. The first-order valence-corrected chi connectivity index (χ1v) is 6.71. The van der Waals surface area contributed by atoms with Crippen molar-refractivity contribution >= 4 is 5.69 Å². The van der Waals surface area contributed by atoms with E-state index >= 15 is 0 Å². The van der Waals surface area contributed by atoms with Crippen molar-refractivity contribution in [2.45, 2.75) is 25.5 Å². The number of phenols is 1. The molecule has 1 aliphatic heterocycles. The third kappa shape index (κ3) is 4.09. The van der Waals surface area contributed by atoms with E-state index in [9.17, 15) is 5.11 Å². The van der Waals surface area contributed by atoms with Gasteiger partial charge in [0.2, 0.25) is 0 Å². The average Bonchev–Trinajstić information content (AvgIpc) is 2.42. The van der Waals surface area contributed by atoms with Gasteiger partial charge in [0.1, 0.15) is 5.75 Å². The van der Waals surface area contributed by atoms with Gasteiger partial charge in [-0.1, -0.05) is 0 Å². The normalized spacial score (nSPS) is 17.7. The Morgan fingerprint density at radius 2 is 2.05 bits per heavy atom. The van der Waals surface area contributed by atoms with Crippen LogP contribution in [0.2, 0.25) is 0 Å². The first-order chi connectivity index (χ1) is 9.19. The Morgan fingerprint density at radius 1 is 1.32 bits per heavy atom. The van der Waals surface area contributed by atoms with Gasteiger partial charge in [0, 0.05) is 30.9 Å². The van der Waals surface area contributed by atoms with Crippen LogP contribution in [0.3, 0.4) is 0 Å². The van der Waals surface area contributed by atoms with E-state index in [-0.39, 0.29) is 12.7 Å². The highest BCUT2D eigenvalue weighted by Crippen LogP contribution is 2.23. The van der Waals surface area contributed by atoms with E-state index in [4.69, 9.17) is 15.6 Å². The molecule has 5 heteroatoms. The number of benzene rings is 1. The number of aromatic hydroxyl groups is 1. The van der Waals surface area contributed by atoms with Crippen molar-refractivity contribution in [3.63, 3.8) is 0 Å². The number of nitrogens with two attached hydrogens (primary N) is 1. The van der Waals surface area contributed by atoms with E-state index in [1.54, 1.807) is 12.1 Å². The Hall–Kier alpha value is -1.30. The molecule has 1 heterocycles. The van der Waals surface area contributed by atoms with Crippen molar-refractivity contribution in [1.29, 1.82) is 0 Å². The SMILES string of the molecule is Nc1ccc(O)c(CN2CCC(OCCO)CC2)c1. The van der Waals surface area contributed by atoms with E-state index in [1.807, 2.05) is 6.07 Å². The smallest absolute Gasteiger partial charge is 0.120 e. The molecule has 2 rings (SSSR count). The zero-order valence-corrected chi connectivity index (χ0v) is 11.1. The van der Waals surface area contributed by atoms with Crippen LogP contribution < -0.4 is 5.73 Å². The van der Waals surface area contributed by atoms with Crippen molar-refractivity contribution < 1.29 is 14.9 Å². The summed E-state index contributed by atoms with van der Waals surface area (Å²) in [6.07, 6.45) is 2.17. The maximum atomic E-state index is 9.80. The molecule has 0 amide bonds. The van der Waals surface area contributed by atoms with Gasteiger partial charge in [0.15, 0.2) is 0 Å². The number of likely N-dealkylation sites (tertiary alicyclic amines) is 1. The van der Waals surface area contributed by atoms with Gasteiger partial charge in [0.25, 0.3) is 0 Å². The monoisotopic (exact) mass is 266 g/mol. The first-order valence-electron chi connectivity index (χ1n) is 6.71. The molecule has 1 aromatic carbocycles.